The molecule has 0 aliphatic heterocycles. The number of aromatic hydroxyl groups is 1. The number of benzene rings is 2. The van der Waals surface area contributed by atoms with Crippen molar-refractivity contribution in [2.75, 3.05) is 11.6 Å². The van der Waals surface area contributed by atoms with Gasteiger partial charge in [0.2, 0.25) is 5.91 Å². The van der Waals surface area contributed by atoms with Crippen molar-refractivity contribution >= 4 is 21.4 Å². The lowest BCUT2D eigenvalue weighted by Gasteiger charge is -2.08. The second kappa shape index (κ2) is 5.97. The Hall–Kier alpha value is -2.34. The largest absolute Gasteiger partial charge is 0.508 e. The van der Waals surface area contributed by atoms with Gasteiger partial charge in [-0.2, -0.15) is 0 Å². The summed E-state index contributed by atoms with van der Waals surface area (Å²) in [5, 5.41) is 11.8. The van der Waals surface area contributed by atoms with Gasteiger partial charge in [-0.05, 0) is 35.9 Å². The molecule has 21 heavy (non-hydrogen) atoms. The first kappa shape index (κ1) is 15.1. The number of carbonyl (C=O) groups is 1. The number of hydrogen-bond donors (Lipinski definition) is 2. The quantitative estimate of drug-likeness (QED) is 0.846. The van der Waals surface area contributed by atoms with E-state index in [1.807, 2.05) is 0 Å². The molecule has 0 atom stereocenters. The summed E-state index contributed by atoms with van der Waals surface area (Å²) >= 11 is 0. The Labute approximate surface area is 123 Å². The highest BCUT2D eigenvalue weighted by Gasteiger charge is 2.15. The van der Waals surface area contributed by atoms with Crippen LogP contribution in [-0.4, -0.2) is 25.7 Å². The molecule has 0 unspecified atom stereocenters. The number of amides is 1. The summed E-state index contributed by atoms with van der Waals surface area (Å²) in [5.41, 5.74) is 0.992. The molecule has 1 amide bonds. The van der Waals surface area contributed by atoms with E-state index in [0.29, 0.717) is 11.3 Å². The van der Waals surface area contributed by atoms with Crippen LogP contribution in [0.5, 0.6) is 5.75 Å². The van der Waals surface area contributed by atoms with Crippen LogP contribution in [0.4, 0.5) is 5.69 Å². The van der Waals surface area contributed by atoms with E-state index in [1.54, 1.807) is 30.3 Å². The minimum Gasteiger partial charge on any atom is -0.508 e. The van der Waals surface area contributed by atoms with Crippen LogP contribution in [0, 0.1) is 0 Å². The Morgan fingerprint density at radius 3 is 2.33 bits per heavy atom. The fourth-order valence-electron chi connectivity index (χ4n) is 1.93. The molecule has 110 valence electrons. The highest BCUT2D eigenvalue weighted by atomic mass is 32.2. The molecular formula is C15H15NO4S. The minimum absolute atomic E-state index is 0.0376. The highest BCUT2D eigenvalue weighted by molar-refractivity contribution is 7.90. The zero-order chi connectivity index (χ0) is 15.5. The predicted octanol–water partition coefficient (Wildman–Crippen LogP) is 1.98. The molecule has 2 aromatic carbocycles. The Bertz CT molecular complexity index is 751. The van der Waals surface area contributed by atoms with E-state index in [4.69, 9.17) is 0 Å². The Kier molecular flexibility index (Phi) is 4.28. The number of carbonyl (C=O) groups excluding carboxylic acids is 1. The minimum atomic E-state index is -3.37. The van der Waals surface area contributed by atoms with Gasteiger partial charge in [0.05, 0.1) is 11.3 Å². The summed E-state index contributed by atoms with van der Waals surface area (Å²) < 4.78 is 23.3. The van der Waals surface area contributed by atoms with Crippen molar-refractivity contribution in [3.63, 3.8) is 0 Å². The summed E-state index contributed by atoms with van der Waals surface area (Å²) in [5.74, 6) is -0.216. The van der Waals surface area contributed by atoms with Crippen molar-refractivity contribution in [3.05, 3.63) is 54.1 Å². The maximum atomic E-state index is 12.0. The van der Waals surface area contributed by atoms with Gasteiger partial charge >= 0.3 is 0 Å². The topological polar surface area (TPSA) is 83.5 Å². The van der Waals surface area contributed by atoms with E-state index < -0.39 is 9.84 Å². The summed E-state index contributed by atoms with van der Waals surface area (Å²) in [6.45, 7) is 0. The molecule has 0 aliphatic rings. The third-order valence-corrected chi connectivity index (χ3v) is 4.07. The van der Waals surface area contributed by atoms with Crippen molar-refractivity contribution in [1.29, 1.82) is 0 Å². The number of anilines is 1. The third kappa shape index (κ3) is 4.06. The molecule has 2 N–H and O–H groups in total. The highest BCUT2D eigenvalue weighted by Crippen LogP contribution is 2.17. The van der Waals surface area contributed by atoms with Crippen LogP contribution < -0.4 is 5.32 Å². The van der Waals surface area contributed by atoms with E-state index in [9.17, 15) is 18.3 Å². The zero-order valence-corrected chi connectivity index (χ0v) is 12.2. The summed E-state index contributed by atoms with van der Waals surface area (Å²) in [7, 11) is -3.37. The van der Waals surface area contributed by atoms with Gasteiger partial charge in [-0.3, -0.25) is 4.79 Å². The van der Waals surface area contributed by atoms with Gasteiger partial charge in [0.15, 0.2) is 9.84 Å². The number of phenolic OH excluding ortho intramolecular Hbond substituents is 1. The summed E-state index contributed by atoms with van der Waals surface area (Å²) in [6, 6.07) is 12.5. The molecule has 0 spiro atoms. The van der Waals surface area contributed by atoms with Gasteiger partial charge < -0.3 is 10.4 Å². The van der Waals surface area contributed by atoms with Crippen molar-refractivity contribution < 1.29 is 18.3 Å². The van der Waals surface area contributed by atoms with Crippen LogP contribution in [-0.2, 0) is 21.1 Å². The van der Waals surface area contributed by atoms with Crippen LogP contribution in [0.2, 0.25) is 0 Å². The zero-order valence-electron chi connectivity index (χ0n) is 11.4. The maximum Gasteiger partial charge on any atom is 0.228 e. The third-order valence-electron chi connectivity index (χ3n) is 2.87. The first-order chi connectivity index (χ1) is 9.86. The Morgan fingerprint density at radius 1 is 1.10 bits per heavy atom. The molecule has 0 saturated heterocycles. The molecule has 5 nitrogen and oxygen atoms in total. The molecule has 0 saturated carbocycles. The number of hydrogen-bond acceptors (Lipinski definition) is 4. The number of rotatable bonds is 4. The van der Waals surface area contributed by atoms with E-state index in [1.165, 1.54) is 18.2 Å². The first-order valence-electron chi connectivity index (χ1n) is 6.23. The van der Waals surface area contributed by atoms with E-state index in [-0.39, 0.29) is 23.0 Å². The lowest BCUT2D eigenvalue weighted by Crippen LogP contribution is -2.16. The number of phenols is 1. The second-order valence-corrected chi connectivity index (χ2v) is 6.64. The monoisotopic (exact) mass is 305 g/mol. The molecule has 6 heteroatoms. The molecule has 0 radical (unpaired) electrons. The first-order valence-corrected chi connectivity index (χ1v) is 8.12. The predicted molar refractivity (Wildman–Crippen MR) is 80.0 cm³/mol. The van der Waals surface area contributed by atoms with E-state index >= 15 is 0 Å². The molecule has 2 aromatic rings. The van der Waals surface area contributed by atoms with Crippen LogP contribution in [0.15, 0.2) is 53.4 Å². The van der Waals surface area contributed by atoms with Crippen LogP contribution >= 0.6 is 0 Å². The van der Waals surface area contributed by atoms with Gasteiger partial charge in [-0.1, -0.05) is 18.2 Å². The molecular weight excluding hydrogens is 290 g/mol. The standard InChI is InChI=1S/C15H15NO4S/c1-21(19,20)14-5-3-2-4-11(14)10-15(18)16-12-6-8-13(17)9-7-12/h2-9,17H,10H2,1H3,(H,16,18). The van der Waals surface area contributed by atoms with Crippen LogP contribution in [0.25, 0.3) is 0 Å². The van der Waals surface area contributed by atoms with Crippen LogP contribution in [0.1, 0.15) is 5.56 Å². The van der Waals surface area contributed by atoms with Crippen molar-refractivity contribution in [2.24, 2.45) is 0 Å². The molecule has 2 rings (SSSR count). The van der Waals surface area contributed by atoms with Crippen molar-refractivity contribution in [1.82, 2.24) is 0 Å². The van der Waals surface area contributed by atoms with Gasteiger partial charge in [0.25, 0.3) is 0 Å². The van der Waals surface area contributed by atoms with Gasteiger partial charge in [0, 0.05) is 11.9 Å². The Morgan fingerprint density at radius 2 is 1.71 bits per heavy atom. The fraction of sp³-hybridized carbons (Fsp3) is 0.133. The lowest BCUT2D eigenvalue weighted by atomic mass is 10.1. The molecule has 0 fully saturated rings. The number of nitrogens with one attached hydrogen (secondary N) is 1. The molecule has 0 aliphatic carbocycles. The smallest absolute Gasteiger partial charge is 0.228 e. The van der Waals surface area contributed by atoms with Gasteiger partial charge in [-0.15, -0.1) is 0 Å². The van der Waals surface area contributed by atoms with E-state index in [0.717, 1.165) is 6.26 Å². The summed E-state index contributed by atoms with van der Waals surface area (Å²) in [6.07, 6.45) is 1.08. The SMILES string of the molecule is CS(=O)(=O)c1ccccc1CC(=O)Nc1ccc(O)cc1. The molecule has 0 bridgehead atoms. The molecule has 0 aromatic heterocycles. The van der Waals surface area contributed by atoms with Crippen molar-refractivity contribution in [2.45, 2.75) is 11.3 Å². The average molecular weight is 305 g/mol. The van der Waals surface area contributed by atoms with Crippen LogP contribution in [0.3, 0.4) is 0 Å². The van der Waals surface area contributed by atoms with Gasteiger partial charge in [0.1, 0.15) is 5.75 Å². The Balaban J connectivity index is 2.15. The average Bonchev–Trinajstić information content (AvgIpc) is 2.41. The normalized spacial score (nSPS) is 11.1. The van der Waals surface area contributed by atoms with Gasteiger partial charge in [-0.25, -0.2) is 8.42 Å². The van der Waals surface area contributed by atoms with E-state index in [2.05, 4.69) is 5.32 Å². The maximum absolute atomic E-state index is 12.0. The number of sulfone groups is 1. The fourth-order valence-corrected chi connectivity index (χ4v) is 2.88. The lowest BCUT2D eigenvalue weighted by molar-refractivity contribution is -0.115. The van der Waals surface area contributed by atoms with Crippen molar-refractivity contribution in [3.8, 4) is 5.75 Å². The second-order valence-electron chi connectivity index (χ2n) is 4.65. The molecule has 0 heterocycles. The summed E-state index contributed by atoms with van der Waals surface area (Å²) in [4.78, 5) is 12.1.